The highest BCUT2D eigenvalue weighted by Gasteiger charge is 2.37. The van der Waals surface area contributed by atoms with Crippen LogP contribution in [0, 0.1) is 12.7 Å². The molecular weight excluding hydrogens is 437 g/mol. The quantitative estimate of drug-likeness (QED) is 0.590. The predicted octanol–water partition coefficient (Wildman–Crippen LogP) is 3.33. The second-order valence-electron chi connectivity index (χ2n) is 7.97. The molecule has 3 radical (unpaired) electrons. The molecule has 7 nitrogen and oxygen atoms in total. The van der Waals surface area contributed by atoms with Gasteiger partial charge in [0.2, 0.25) is 0 Å². The number of nitrogens with two attached hydrogens (primary N) is 1. The molecule has 1 atom stereocenters. The molecule has 10 heteroatoms. The fourth-order valence-electron chi connectivity index (χ4n) is 3.47. The van der Waals surface area contributed by atoms with Crippen molar-refractivity contribution in [1.82, 2.24) is 19.3 Å². The smallest absolute Gasteiger partial charge is 0.260 e. The number of rotatable bonds is 5. The zero-order valence-electron chi connectivity index (χ0n) is 18.2. The van der Waals surface area contributed by atoms with Crippen LogP contribution in [0.25, 0.3) is 5.52 Å². The van der Waals surface area contributed by atoms with E-state index in [2.05, 4.69) is 20.2 Å². The van der Waals surface area contributed by atoms with E-state index >= 15 is 4.39 Å². The van der Waals surface area contributed by atoms with Crippen LogP contribution in [0.4, 0.5) is 10.2 Å². The zero-order valence-corrected chi connectivity index (χ0v) is 20.0. The Bertz CT molecular complexity index is 1180. The highest BCUT2D eigenvalue weighted by Crippen LogP contribution is 2.42. The Labute approximate surface area is 188 Å². The van der Waals surface area contributed by atoms with Crippen molar-refractivity contribution in [2.45, 2.75) is 38.8 Å². The molecule has 163 valence electrons. The molecule has 2 aromatic heterocycles. The molecule has 0 aliphatic rings. The first-order valence-electron chi connectivity index (χ1n) is 9.63. The van der Waals surface area contributed by atoms with E-state index in [9.17, 15) is 4.79 Å². The summed E-state index contributed by atoms with van der Waals surface area (Å²) in [5.41, 5.74) is 7.61. The normalized spacial score (nSPS) is 13.5. The number of imidazole rings is 1. The fourth-order valence-corrected chi connectivity index (χ4v) is 4.03. The minimum Gasteiger partial charge on any atom is -0.490 e. The van der Waals surface area contributed by atoms with Gasteiger partial charge in [0.1, 0.15) is 28.5 Å². The van der Waals surface area contributed by atoms with Gasteiger partial charge in [-0.25, -0.2) is 14.4 Å². The van der Waals surface area contributed by atoms with Crippen LogP contribution >= 0.6 is 11.6 Å². The maximum Gasteiger partial charge on any atom is 0.260 e. The molecule has 0 unspecified atom stereocenters. The number of aromatic nitrogens is 3. The van der Waals surface area contributed by atoms with Gasteiger partial charge in [-0.05, 0) is 26.8 Å². The van der Waals surface area contributed by atoms with Crippen LogP contribution in [0.2, 0.25) is 5.02 Å². The summed E-state index contributed by atoms with van der Waals surface area (Å²) in [6, 6.07) is 1.45. The van der Waals surface area contributed by atoms with Crippen molar-refractivity contribution in [1.29, 1.82) is 0 Å². The van der Waals surface area contributed by atoms with Crippen molar-refractivity contribution in [2.24, 2.45) is 0 Å². The number of carbonyl (C=O) groups excluding carboxylic acids is 1. The SMILES string of the molecule is Cc1nc([C@@](C)([Si])c2cc(Cl)c(F)c(C(=O)N(C)C)c2OC(C)C)n2ccnc(N)c12. The maximum absolute atomic E-state index is 15.1. The Morgan fingerprint density at radius 3 is 2.65 bits per heavy atom. The Hall–Kier alpha value is -2.65. The lowest BCUT2D eigenvalue weighted by Crippen LogP contribution is -2.31. The molecule has 0 bridgehead atoms. The van der Waals surface area contributed by atoms with Gasteiger partial charge in [-0.2, -0.15) is 0 Å². The number of amides is 1. The van der Waals surface area contributed by atoms with Crippen LogP contribution in [0.15, 0.2) is 18.5 Å². The Morgan fingerprint density at radius 2 is 2.06 bits per heavy atom. The summed E-state index contributed by atoms with van der Waals surface area (Å²) in [4.78, 5) is 23.0. The molecule has 31 heavy (non-hydrogen) atoms. The topological polar surface area (TPSA) is 85.8 Å². The lowest BCUT2D eigenvalue weighted by molar-refractivity contribution is 0.0816. The number of benzene rings is 1. The number of fused-ring (bicyclic) bond motifs is 1. The lowest BCUT2D eigenvalue weighted by atomic mass is 9.94. The summed E-state index contributed by atoms with van der Waals surface area (Å²) in [7, 11) is 6.89. The molecule has 2 N–H and O–H groups in total. The number of hydrogen-bond donors (Lipinski definition) is 1. The number of nitrogen functional groups attached to an aromatic ring is 1. The number of aryl methyl sites for hydroxylation is 1. The largest absolute Gasteiger partial charge is 0.490 e. The first-order chi connectivity index (χ1) is 14.4. The molecule has 1 aromatic carbocycles. The van der Waals surface area contributed by atoms with Gasteiger partial charge in [-0.15, -0.1) is 0 Å². The van der Waals surface area contributed by atoms with Gasteiger partial charge in [0.25, 0.3) is 5.91 Å². The van der Waals surface area contributed by atoms with Crippen LogP contribution in [0.1, 0.15) is 48.2 Å². The number of carbonyl (C=O) groups is 1. The number of ether oxygens (including phenoxy) is 1. The minimum absolute atomic E-state index is 0.101. The minimum atomic E-state index is -1.02. The lowest BCUT2D eigenvalue weighted by Gasteiger charge is -2.29. The second kappa shape index (κ2) is 8.12. The van der Waals surface area contributed by atoms with Crippen LogP contribution < -0.4 is 10.5 Å². The van der Waals surface area contributed by atoms with Crippen molar-refractivity contribution in [2.75, 3.05) is 19.8 Å². The number of hydrogen-bond acceptors (Lipinski definition) is 5. The highest BCUT2D eigenvalue weighted by atomic mass is 35.5. The van der Waals surface area contributed by atoms with E-state index in [4.69, 9.17) is 22.1 Å². The Kier molecular flexibility index (Phi) is 6.03. The second-order valence-corrected chi connectivity index (χ2v) is 9.37. The summed E-state index contributed by atoms with van der Waals surface area (Å²) in [5, 5.41) is -1.21. The molecule has 0 spiro atoms. The third-order valence-electron chi connectivity index (χ3n) is 4.89. The average molecular weight is 461 g/mol. The van der Waals surface area contributed by atoms with Crippen LogP contribution in [-0.4, -0.2) is 55.6 Å². The molecular formula is C21H24ClFN5O2Si. The van der Waals surface area contributed by atoms with E-state index in [0.29, 0.717) is 28.4 Å². The van der Waals surface area contributed by atoms with Gasteiger partial charge in [-0.3, -0.25) is 9.20 Å². The highest BCUT2D eigenvalue weighted by molar-refractivity contribution is 6.31. The average Bonchev–Trinajstić information content (AvgIpc) is 3.02. The van der Waals surface area contributed by atoms with Gasteiger partial charge in [0.05, 0.1) is 16.8 Å². The first-order valence-corrected chi connectivity index (χ1v) is 10.5. The van der Waals surface area contributed by atoms with Gasteiger partial charge < -0.3 is 15.4 Å². The monoisotopic (exact) mass is 460 g/mol. The van der Waals surface area contributed by atoms with Crippen molar-refractivity contribution >= 4 is 39.1 Å². The van der Waals surface area contributed by atoms with Gasteiger partial charge in [-0.1, -0.05) is 18.5 Å². The van der Waals surface area contributed by atoms with E-state index in [0.717, 1.165) is 0 Å². The fraction of sp³-hybridized carbons (Fsp3) is 0.381. The molecule has 0 saturated heterocycles. The molecule has 0 aliphatic carbocycles. The van der Waals surface area contributed by atoms with E-state index < -0.39 is 16.8 Å². The Balaban J connectivity index is 2.39. The van der Waals surface area contributed by atoms with E-state index in [-0.39, 0.29) is 22.4 Å². The number of anilines is 1. The molecule has 0 fully saturated rings. The van der Waals surface area contributed by atoms with Gasteiger partial charge >= 0.3 is 0 Å². The van der Waals surface area contributed by atoms with Crippen LogP contribution in [0.3, 0.4) is 0 Å². The van der Waals surface area contributed by atoms with Gasteiger partial charge in [0, 0.05) is 47.3 Å². The van der Waals surface area contributed by atoms with Crippen molar-refractivity contribution in [3.8, 4) is 5.75 Å². The van der Waals surface area contributed by atoms with Crippen molar-refractivity contribution < 1.29 is 13.9 Å². The summed E-state index contributed by atoms with van der Waals surface area (Å²) < 4.78 is 22.9. The van der Waals surface area contributed by atoms with E-state index in [1.165, 1.54) is 25.1 Å². The molecule has 3 aromatic rings. The Morgan fingerprint density at radius 1 is 1.42 bits per heavy atom. The molecule has 3 rings (SSSR count). The summed E-state index contributed by atoms with van der Waals surface area (Å²) in [6.45, 7) is 7.25. The number of halogens is 2. The maximum atomic E-state index is 15.1. The summed E-state index contributed by atoms with van der Waals surface area (Å²) >= 11 is 6.24. The van der Waals surface area contributed by atoms with Crippen molar-refractivity contribution in [3.05, 3.63) is 51.9 Å². The summed E-state index contributed by atoms with van der Waals surface area (Å²) in [5.74, 6) is -0.410. The third-order valence-corrected chi connectivity index (χ3v) is 5.66. The summed E-state index contributed by atoms with van der Waals surface area (Å²) in [6.07, 6.45) is 2.98. The first kappa shape index (κ1) is 23.0. The van der Waals surface area contributed by atoms with E-state index in [1.54, 1.807) is 30.6 Å². The van der Waals surface area contributed by atoms with Gasteiger partial charge in [0.15, 0.2) is 5.82 Å². The van der Waals surface area contributed by atoms with E-state index in [1.807, 2.05) is 13.8 Å². The third kappa shape index (κ3) is 3.87. The number of nitrogens with zero attached hydrogens (tertiary/aromatic N) is 4. The van der Waals surface area contributed by atoms with Crippen molar-refractivity contribution in [3.63, 3.8) is 0 Å². The van der Waals surface area contributed by atoms with Crippen LogP contribution in [-0.2, 0) is 5.04 Å². The predicted molar refractivity (Wildman–Crippen MR) is 120 cm³/mol. The standard InChI is InChI=1S/C21H24ClFN5O2Si/c1-10(2)30-17-12(9-13(22)15(23)14(17)19(29)27(5)6)21(4,31)20-26-11(3)16-18(24)25-7-8-28(16)20/h7-10H,1-6H3,(H2,24,25)/t21-/m0/s1. The zero-order chi connectivity index (χ0) is 23.2. The molecule has 2 heterocycles. The van der Waals surface area contributed by atoms with Crippen LogP contribution in [0.5, 0.6) is 5.75 Å². The molecule has 0 saturated carbocycles. The molecule has 0 aliphatic heterocycles. The molecule has 1 amide bonds.